The molecular formula is C18H20N2O4. The van der Waals surface area contributed by atoms with Crippen molar-refractivity contribution in [2.45, 2.75) is 6.54 Å². The molecule has 2 rings (SSSR count). The molecule has 126 valence electrons. The molecular weight excluding hydrogens is 308 g/mol. The van der Waals surface area contributed by atoms with E-state index < -0.39 is 11.8 Å². The highest BCUT2D eigenvalue weighted by Crippen LogP contribution is 2.23. The predicted molar refractivity (Wildman–Crippen MR) is 90.7 cm³/mol. The smallest absolute Gasteiger partial charge is 0.313 e. The highest BCUT2D eigenvalue weighted by molar-refractivity contribution is 6.39. The molecule has 0 aromatic heterocycles. The first-order valence-corrected chi connectivity index (χ1v) is 7.54. The largest absolute Gasteiger partial charge is 0.489 e. The fourth-order valence-corrected chi connectivity index (χ4v) is 1.97. The Hall–Kier alpha value is -2.86. The van der Waals surface area contributed by atoms with Crippen molar-refractivity contribution in [3.05, 3.63) is 60.2 Å². The lowest BCUT2D eigenvalue weighted by molar-refractivity contribution is -0.136. The Kier molecular flexibility index (Phi) is 6.79. The van der Waals surface area contributed by atoms with Crippen molar-refractivity contribution in [3.8, 4) is 5.75 Å². The Bertz CT molecular complexity index is 674. The van der Waals surface area contributed by atoms with E-state index in [0.717, 1.165) is 5.56 Å². The zero-order valence-electron chi connectivity index (χ0n) is 13.5. The number of hydrogen-bond donors (Lipinski definition) is 2. The minimum absolute atomic E-state index is 0.291. The fraction of sp³-hybridized carbons (Fsp3) is 0.222. The maximum Gasteiger partial charge on any atom is 0.313 e. The number of anilines is 1. The van der Waals surface area contributed by atoms with Crippen molar-refractivity contribution >= 4 is 17.5 Å². The molecule has 6 heteroatoms. The van der Waals surface area contributed by atoms with Crippen LogP contribution >= 0.6 is 0 Å². The Labute approximate surface area is 140 Å². The van der Waals surface area contributed by atoms with E-state index in [0.29, 0.717) is 31.2 Å². The van der Waals surface area contributed by atoms with E-state index in [-0.39, 0.29) is 0 Å². The molecule has 0 atom stereocenters. The second kappa shape index (κ2) is 9.32. The van der Waals surface area contributed by atoms with Gasteiger partial charge in [0, 0.05) is 13.7 Å². The normalized spacial score (nSPS) is 10.0. The van der Waals surface area contributed by atoms with Gasteiger partial charge in [-0.3, -0.25) is 9.59 Å². The summed E-state index contributed by atoms with van der Waals surface area (Å²) in [5.74, 6) is -0.960. The average Bonchev–Trinajstić information content (AvgIpc) is 2.62. The van der Waals surface area contributed by atoms with Gasteiger partial charge in [0.15, 0.2) is 0 Å². The minimum Gasteiger partial charge on any atom is -0.489 e. The molecule has 2 N–H and O–H groups in total. The first-order valence-electron chi connectivity index (χ1n) is 7.54. The van der Waals surface area contributed by atoms with Crippen LogP contribution in [0.3, 0.4) is 0 Å². The molecule has 2 aromatic rings. The molecule has 0 heterocycles. The van der Waals surface area contributed by atoms with Gasteiger partial charge in [0.1, 0.15) is 12.4 Å². The van der Waals surface area contributed by atoms with Crippen LogP contribution in [-0.4, -0.2) is 32.1 Å². The lowest BCUT2D eigenvalue weighted by Gasteiger charge is -2.12. The summed E-state index contributed by atoms with van der Waals surface area (Å²) < 4.78 is 10.4. The molecule has 0 spiro atoms. The monoisotopic (exact) mass is 328 g/mol. The van der Waals surface area contributed by atoms with Gasteiger partial charge in [-0.05, 0) is 17.7 Å². The van der Waals surface area contributed by atoms with Crippen LogP contribution < -0.4 is 15.4 Å². The molecule has 24 heavy (non-hydrogen) atoms. The van der Waals surface area contributed by atoms with Crippen molar-refractivity contribution in [2.24, 2.45) is 0 Å². The number of nitrogens with one attached hydrogen (secondary N) is 2. The summed E-state index contributed by atoms with van der Waals surface area (Å²) in [7, 11) is 1.58. The highest BCUT2D eigenvalue weighted by atomic mass is 16.5. The van der Waals surface area contributed by atoms with Crippen molar-refractivity contribution < 1.29 is 19.1 Å². The topological polar surface area (TPSA) is 76.7 Å². The molecule has 0 saturated carbocycles. The van der Waals surface area contributed by atoms with Gasteiger partial charge < -0.3 is 20.1 Å². The van der Waals surface area contributed by atoms with E-state index in [2.05, 4.69) is 10.6 Å². The predicted octanol–water partition coefficient (Wildman–Crippen LogP) is 1.97. The number of ether oxygens (including phenoxy) is 2. The van der Waals surface area contributed by atoms with E-state index in [4.69, 9.17) is 9.47 Å². The molecule has 0 aliphatic heterocycles. The van der Waals surface area contributed by atoms with E-state index in [9.17, 15) is 9.59 Å². The summed E-state index contributed by atoms with van der Waals surface area (Å²) in [5.41, 5.74) is 1.36. The number of benzene rings is 2. The van der Waals surface area contributed by atoms with Crippen LogP contribution in [0.15, 0.2) is 54.6 Å². The Morgan fingerprint density at radius 2 is 1.62 bits per heavy atom. The number of rotatable bonds is 7. The molecule has 0 fully saturated rings. The lowest BCUT2D eigenvalue weighted by Crippen LogP contribution is -2.35. The first-order chi connectivity index (χ1) is 11.7. The summed E-state index contributed by atoms with van der Waals surface area (Å²) in [6, 6.07) is 16.3. The van der Waals surface area contributed by atoms with Crippen LogP contribution in [-0.2, 0) is 20.9 Å². The number of carbonyl (C=O) groups excluding carboxylic acids is 2. The Balaban J connectivity index is 1.90. The third-order valence-electron chi connectivity index (χ3n) is 3.18. The van der Waals surface area contributed by atoms with Crippen LogP contribution in [0.2, 0.25) is 0 Å². The summed E-state index contributed by atoms with van der Waals surface area (Å²) in [6.07, 6.45) is 0. The summed E-state index contributed by atoms with van der Waals surface area (Å²) in [4.78, 5) is 23.9. The highest BCUT2D eigenvalue weighted by Gasteiger charge is 2.15. The van der Waals surface area contributed by atoms with Gasteiger partial charge in [-0.1, -0.05) is 42.5 Å². The Morgan fingerprint density at radius 3 is 2.38 bits per heavy atom. The number of amides is 2. The fourth-order valence-electron chi connectivity index (χ4n) is 1.97. The number of hydrogen-bond acceptors (Lipinski definition) is 4. The summed E-state index contributed by atoms with van der Waals surface area (Å²) in [6.45, 7) is 1.07. The lowest BCUT2D eigenvalue weighted by atomic mass is 10.2. The summed E-state index contributed by atoms with van der Waals surface area (Å²) >= 11 is 0. The maximum atomic E-state index is 12.0. The number of carbonyl (C=O) groups is 2. The second-order valence-electron chi connectivity index (χ2n) is 4.96. The first kappa shape index (κ1) is 17.5. The molecule has 0 unspecified atom stereocenters. The van der Waals surface area contributed by atoms with Gasteiger partial charge in [0.05, 0.1) is 12.3 Å². The molecule has 2 amide bonds. The molecule has 6 nitrogen and oxygen atoms in total. The minimum atomic E-state index is -0.742. The van der Waals surface area contributed by atoms with Crippen LogP contribution in [0.1, 0.15) is 5.56 Å². The van der Waals surface area contributed by atoms with Gasteiger partial charge in [-0.25, -0.2) is 0 Å². The van der Waals surface area contributed by atoms with Crippen molar-refractivity contribution in [2.75, 3.05) is 25.6 Å². The van der Waals surface area contributed by atoms with Gasteiger partial charge in [-0.15, -0.1) is 0 Å². The second-order valence-corrected chi connectivity index (χ2v) is 4.96. The standard InChI is InChI=1S/C18H20N2O4/c1-23-11-12-24-16-10-6-5-9-15(16)20-18(22)17(21)19-13-14-7-3-2-4-8-14/h2-10H,11-13H2,1H3,(H,19,21)(H,20,22). The van der Waals surface area contributed by atoms with E-state index in [1.807, 2.05) is 30.3 Å². The average molecular weight is 328 g/mol. The summed E-state index contributed by atoms with van der Waals surface area (Å²) in [5, 5.41) is 5.14. The molecule has 0 bridgehead atoms. The van der Waals surface area contributed by atoms with E-state index >= 15 is 0 Å². The molecule has 0 saturated heterocycles. The van der Waals surface area contributed by atoms with Gasteiger partial charge >= 0.3 is 11.8 Å². The quantitative estimate of drug-likeness (QED) is 0.602. The number of para-hydroxylation sites is 2. The molecule has 0 aliphatic rings. The molecule has 2 aromatic carbocycles. The van der Waals surface area contributed by atoms with Gasteiger partial charge in [0.25, 0.3) is 0 Å². The van der Waals surface area contributed by atoms with Crippen LogP contribution in [0.4, 0.5) is 5.69 Å². The van der Waals surface area contributed by atoms with Crippen LogP contribution in [0.25, 0.3) is 0 Å². The van der Waals surface area contributed by atoms with Crippen LogP contribution in [0.5, 0.6) is 5.75 Å². The van der Waals surface area contributed by atoms with Crippen molar-refractivity contribution in [3.63, 3.8) is 0 Å². The van der Waals surface area contributed by atoms with Gasteiger partial charge in [0.2, 0.25) is 0 Å². The zero-order chi connectivity index (χ0) is 17.2. The van der Waals surface area contributed by atoms with E-state index in [1.165, 1.54) is 0 Å². The number of methoxy groups -OCH3 is 1. The van der Waals surface area contributed by atoms with E-state index in [1.54, 1.807) is 31.4 Å². The maximum absolute atomic E-state index is 12.0. The third kappa shape index (κ3) is 5.40. The molecule has 0 radical (unpaired) electrons. The zero-order valence-corrected chi connectivity index (χ0v) is 13.5. The van der Waals surface area contributed by atoms with Gasteiger partial charge in [-0.2, -0.15) is 0 Å². The van der Waals surface area contributed by atoms with Crippen molar-refractivity contribution in [1.29, 1.82) is 0 Å². The molecule has 0 aliphatic carbocycles. The Morgan fingerprint density at radius 1 is 0.917 bits per heavy atom. The van der Waals surface area contributed by atoms with Crippen LogP contribution in [0, 0.1) is 0 Å². The SMILES string of the molecule is COCCOc1ccccc1NC(=O)C(=O)NCc1ccccc1. The van der Waals surface area contributed by atoms with Crippen molar-refractivity contribution in [1.82, 2.24) is 5.32 Å². The third-order valence-corrected chi connectivity index (χ3v) is 3.18.